The fraction of sp³-hybridized carbons (Fsp3) is 0.562. The van der Waals surface area contributed by atoms with Crippen molar-refractivity contribution in [1.29, 1.82) is 0 Å². The average Bonchev–Trinajstić information content (AvgIpc) is 3.28. The summed E-state index contributed by atoms with van der Waals surface area (Å²) in [7, 11) is 0. The molecule has 1 saturated heterocycles. The number of amides is 1. The number of anilines is 1. The molecule has 0 atom stereocenters. The molecule has 0 spiro atoms. The van der Waals surface area contributed by atoms with Crippen molar-refractivity contribution in [2.24, 2.45) is 5.92 Å². The van der Waals surface area contributed by atoms with Gasteiger partial charge in [0.2, 0.25) is 5.91 Å². The van der Waals surface area contributed by atoms with E-state index < -0.39 is 0 Å². The second-order valence-electron chi connectivity index (χ2n) is 6.27. The van der Waals surface area contributed by atoms with E-state index in [1.54, 1.807) is 17.7 Å². The van der Waals surface area contributed by atoms with E-state index in [1.807, 2.05) is 16.3 Å². The van der Waals surface area contributed by atoms with E-state index in [2.05, 4.69) is 20.2 Å². The van der Waals surface area contributed by atoms with Crippen molar-refractivity contribution < 1.29 is 4.79 Å². The highest BCUT2D eigenvalue weighted by Gasteiger charge is 2.24. The first-order valence-corrected chi connectivity index (χ1v) is 9.11. The highest BCUT2D eigenvalue weighted by atomic mass is 32.1. The third-order valence-corrected chi connectivity index (χ3v) is 5.46. The Morgan fingerprint density at radius 2 is 2.09 bits per heavy atom. The zero-order chi connectivity index (χ0) is 15.6. The predicted octanol–water partition coefficient (Wildman–Crippen LogP) is 1.34. The van der Waals surface area contributed by atoms with Crippen LogP contribution >= 0.6 is 11.3 Å². The fourth-order valence-electron chi connectivity index (χ4n) is 2.99. The maximum Gasteiger partial charge on any atom is 0.236 e. The summed E-state index contributed by atoms with van der Waals surface area (Å²) in [4.78, 5) is 25.2. The molecule has 7 heteroatoms. The number of carbonyl (C=O) groups is 1. The smallest absolute Gasteiger partial charge is 0.236 e. The molecule has 4 rings (SSSR count). The molecule has 0 unspecified atom stereocenters. The Kier molecular flexibility index (Phi) is 4.13. The van der Waals surface area contributed by atoms with Gasteiger partial charge in [-0.2, -0.15) is 0 Å². The third-order valence-electron chi connectivity index (χ3n) is 4.56. The van der Waals surface area contributed by atoms with Gasteiger partial charge in [0.1, 0.15) is 12.1 Å². The summed E-state index contributed by atoms with van der Waals surface area (Å²) in [5.74, 6) is 2.03. The first-order valence-electron chi connectivity index (χ1n) is 8.23. The molecule has 6 nitrogen and oxygen atoms in total. The van der Waals surface area contributed by atoms with E-state index in [4.69, 9.17) is 0 Å². The monoisotopic (exact) mass is 331 g/mol. The van der Waals surface area contributed by atoms with E-state index in [0.29, 0.717) is 6.54 Å². The van der Waals surface area contributed by atoms with Gasteiger partial charge in [0.25, 0.3) is 0 Å². The van der Waals surface area contributed by atoms with Crippen molar-refractivity contribution in [1.82, 2.24) is 20.2 Å². The molecule has 0 radical (unpaired) electrons. The van der Waals surface area contributed by atoms with Crippen LogP contribution in [0.15, 0.2) is 17.8 Å². The van der Waals surface area contributed by atoms with Gasteiger partial charge in [-0.3, -0.25) is 4.79 Å². The van der Waals surface area contributed by atoms with Gasteiger partial charge in [-0.15, -0.1) is 11.3 Å². The Labute approximate surface area is 139 Å². The number of hydrogen-bond acceptors (Lipinski definition) is 6. The van der Waals surface area contributed by atoms with Crippen LogP contribution in [-0.4, -0.2) is 60.0 Å². The Balaban J connectivity index is 1.33. The largest absolute Gasteiger partial charge is 0.352 e. The van der Waals surface area contributed by atoms with E-state index in [0.717, 1.165) is 54.7 Å². The molecular weight excluding hydrogens is 310 g/mol. The molecule has 0 bridgehead atoms. The number of nitrogens with one attached hydrogen (secondary N) is 1. The lowest BCUT2D eigenvalue weighted by Gasteiger charge is -2.35. The fourth-order valence-corrected chi connectivity index (χ4v) is 3.85. The number of fused-ring (bicyclic) bond motifs is 1. The molecule has 3 heterocycles. The molecule has 1 N–H and O–H groups in total. The molecule has 1 amide bonds. The lowest BCUT2D eigenvalue weighted by molar-refractivity contribution is -0.130. The number of thiophene rings is 1. The van der Waals surface area contributed by atoms with Gasteiger partial charge in [0, 0.05) is 26.2 Å². The van der Waals surface area contributed by atoms with Crippen LogP contribution in [0.4, 0.5) is 5.82 Å². The number of carbonyl (C=O) groups excluding carboxylic acids is 1. The maximum atomic E-state index is 12.2. The van der Waals surface area contributed by atoms with Crippen LogP contribution in [0.5, 0.6) is 0 Å². The van der Waals surface area contributed by atoms with Crippen LogP contribution in [0, 0.1) is 5.92 Å². The molecule has 2 aromatic heterocycles. The zero-order valence-electron chi connectivity index (χ0n) is 13.1. The minimum atomic E-state index is 0.217. The van der Waals surface area contributed by atoms with Crippen LogP contribution in [-0.2, 0) is 4.79 Å². The lowest BCUT2D eigenvalue weighted by Crippen LogP contribution is -2.51. The maximum absolute atomic E-state index is 12.2. The summed E-state index contributed by atoms with van der Waals surface area (Å²) in [5, 5.41) is 5.33. The van der Waals surface area contributed by atoms with E-state index in [1.165, 1.54) is 12.8 Å². The van der Waals surface area contributed by atoms with Crippen molar-refractivity contribution in [2.45, 2.75) is 12.8 Å². The zero-order valence-corrected chi connectivity index (χ0v) is 13.9. The van der Waals surface area contributed by atoms with Crippen molar-refractivity contribution in [3.63, 3.8) is 0 Å². The Morgan fingerprint density at radius 1 is 1.26 bits per heavy atom. The molecule has 2 fully saturated rings. The molecule has 1 aliphatic heterocycles. The van der Waals surface area contributed by atoms with Crippen LogP contribution < -0.4 is 10.2 Å². The van der Waals surface area contributed by atoms with Crippen molar-refractivity contribution in [2.75, 3.05) is 44.2 Å². The molecule has 2 aromatic rings. The Morgan fingerprint density at radius 3 is 2.87 bits per heavy atom. The number of piperazine rings is 1. The second-order valence-corrected chi connectivity index (χ2v) is 7.19. The van der Waals surface area contributed by atoms with Gasteiger partial charge in [0.15, 0.2) is 0 Å². The molecule has 1 saturated carbocycles. The summed E-state index contributed by atoms with van der Waals surface area (Å²) in [5.41, 5.74) is 1.00. The average molecular weight is 331 g/mol. The van der Waals surface area contributed by atoms with E-state index >= 15 is 0 Å². The van der Waals surface area contributed by atoms with E-state index in [9.17, 15) is 4.79 Å². The van der Waals surface area contributed by atoms with Crippen LogP contribution in [0.3, 0.4) is 0 Å². The molecule has 0 aromatic carbocycles. The highest BCUT2D eigenvalue weighted by molar-refractivity contribution is 7.17. The predicted molar refractivity (Wildman–Crippen MR) is 91.8 cm³/mol. The summed E-state index contributed by atoms with van der Waals surface area (Å²) in [6, 6.07) is 2.02. The quantitative estimate of drug-likeness (QED) is 0.896. The molecule has 2 aliphatic rings. The van der Waals surface area contributed by atoms with Crippen molar-refractivity contribution in [3.05, 3.63) is 17.8 Å². The number of hydrogen-bond donors (Lipinski definition) is 1. The van der Waals surface area contributed by atoms with Gasteiger partial charge < -0.3 is 15.1 Å². The van der Waals surface area contributed by atoms with Crippen molar-refractivity contribution >= 4 is 33.3 Å². The van der Waals surface area contributed by atoms with Crippen molar-refractivity contribution in [3.8, 4) is 0 Å². The first kappa shape index (κ1) is 14.8. The summed E-state index contributed by atoms with van der Waals surface area (Å²) in [6.07, 6.45) is 4.26. The Bertz CT molecular complexity index is 691. The van der Waals surface area contributed by atoms with Gasteiger partial charge >= 0.3 is 0 Å². The van der Waals surface area contributed by atoms with Crippen LogP contribution in [0.2, 0.25) is 0 Å². The summed E-state index contributed by atoms with van der Waals surface area (Å²) < 4.78 is 1.14. The van der Waals surface area contributed by atoms with Crippen LogP contribution in [0.1, 0.15) is 12.8 Å². The summed E-state index contributed by atoms with van der Waals surface area (Å²) in [6.45, 7) is 4.65. The number of nitrogens with zero attached hydrogens (tertiary/aromatic N) is 4. The van der Waals surface area contributed by atoms with Gasteiger partial charge in [-0.1, -0.05) is 0 Å². The van der Waals surface area contributed by atoms with E-state index in [-0.39, 0.29) is 5.91 Å². The molecular formula is C16H21N5OS. The third kappa shape index (κ3) is 3.30. The molecule has 23 heavy (non-hydrogen) atoms. The van der Waals surface area contributed by atoms with Gasteiger partial charge in [0.05, 0.1) is 16.8 Å². The van der Waals surface area contributed by atoms with Gasteiger partial charge in [-0.25, -0.2) is 9.97 Å². The SMILES string of the molecule is O=C(CNCC1CC1)N1CCN(c2ncnc3ccsc23)CC1. The Hall–Kier alpha value is -1.73. The molecule has 1 aliphatic carbocycles. The standard InChI is InChI=1S/C16H21N5OS/c22-14(10-17-9-12-1-2-12)20-4-6-21(7-5-20)16-15-13(3-8-23-15)18-11-19-16/h3,8,11-12,17H,1-2,4-7,9-10H2. The minimum absolute atomic E-state index is 0.217. The minimum Gasteiger partial charge on any atom is -0.352 e. The normalized spacial score (nSPS) is 18.6. The second kappa shape index (κ2) is 6.41. The van der Waals surface area contributed by atoms with Crippen LogP contribution in [0.25, 0.3) is 10.2 Å². The number of rotatable bonds is 5. The topological polar surface area (TPSA) is 61.4 Å². The lowest BCUT2D eigenvalue weighted by atomic mass is 10.3. The number of aromatic nitrogens is 2. The molecule has 122 valence electrons. The van der Waals surface area contributed by atoms with Gasteiger partial charge in [-0.05, 0) is 36.8 Å². The summed E-state index contributed by atoms with van der Waals surface area (Å²) >= 11 is 1.68. The first-order chi connectivity index (χ1) is 11.3. The highest BCUT2D eigenvalue weighted by Crippen LogP contribution is 2.28.